The molecule has 2 rings (SSSR count). The standard InChI is InChI=1S/C14H15Cl2N3O/c1-9(2)17-6-10-7-19-13(8-18-10)20-12-5-3-4-11(15)14(12)16/h3-5,7-9,17H,6H2,1-2H3. The molecule has 20 heavy (non-hydrogen) atoms. The third kappa shape index (κ3) is 4.07. The van der Waals surface area contributed by atoms with Gasteiger partial charge in [0.1, 0.15) is 10.8 Å². The van der Waals surface area contributed by atoms with Crippen molar-refractivity contribution >= 4 is 23.2 Å². The summed E-state index contributed by atoms with van der Waals surface area (Å²) in [5.74, 6) is 0.837. The van der Waals surface area contributed by atoms with Crippen molar-refractivity contribution < 1.29 is 4.74 Å². The van der Waals surface area contributed by atoms with Crippen LogP contribution in [0.2, 0.25) is 10.0 Å². The van der Waals surface area contributed by atoms with Crippen LogP contribution in [0.25, 0.3) is 0 Å². The zero-order valence-electron chi connectivity index (χ0n) is 11.2. The molecule has 1 N–H and O–H groups in total. The van der Waals surface area contributed by atoms with Crippen LogP contribution in [0.3, 0.4) is 0 Å². The molecule has 0 aliphatic heterocycles. The van der Waals surface area contributed by atoms with Crippen molar-refractivity contribution in [3.63, 3.8) is 0 Å². The molecule has 1 heterocycles. The second-order valence-corrected chi connectivity index (χ2v) is 5.32. The van der Waals surface area contributed by atoms with Gasteiger partial charge in [0.15, 0.2) is 0 Å². The number of rotatable bonds is 5. The Balaban J connectivity index is 2.05. The highest BCUT2D eigenvalue weighted by atomic mass is 35.5. The number of hydrogen-bond donors (Lipinski definition) is 1. The Hall–Kier alpha value is -1.36. The van der Waals surface area contributed by atoms with E-state index in [1.807, 2.05) is 0 Å². The summed E-state index contributed by atoms with van der Waals surface area (Å²) in [6.45, 7) is 4.82. The summed E-state index contributed by atoms with van der Waals surface area (Å²) in [7, 11) is 0. The molecular weight excluding hydrogens is 297 g/mol. The summed E-state index contributed by atoms with van der Waals surface area (Å²) in [5, 5.41) is 4.07. The number of nitrogens with one attached hydrogen (secondary N) is 1. The first kappa shape index (κ1) is 15.0. The van der Waals surface area contributed by atoms with E-state index in [-0.39, 0.29) is 0 Å². The van der Waals surface area contributed by atoms with Crippen LogP contribution in [0.5, 0.6) is 11.6 Å². The first-order valence-electron chi connectivity index (χ1n) is 6.22. The Morgan fingerprint density at radius 2 is 2.00 bits per heavy atom. The minimum Gasteiger partial charge on any atom is -0.436 e. The predicted molar refractivity (Wildman–Crippen MR) is 80.5 cm³/mol. The molecule has 0 amide bonds. The molecule has 0 saturated heterocycles. The molecule has 2 aromatic rings. The Labute approximate surface area is 128 Å². The SMILES string of the molecule is CC(C)NCc1cnc(Oc2cccc(Cl)c2Cl)cn1. The van der Waals surface area contributed by atoms with E-state index in [1.165, 1.54) is 0 Å². The summed E-state index contributed by atoms with van der Waals surface area (Å²) in [6, 6.07) is 5.59. The molecule has 1 aromatic heterocycles. The second kappa shape index (κ2) is 6.88. The van der Waals surface area contributed by atoms with Crippen molar-refractivity contribution in [2.45, 2.75) is 26.4 Å². The average Bonchev–Trinajstić information content (AvgIpc) is 2.43. The maximum Gasteiger partial charge on any atom is 0.237 e. The van der Waals surface area contributed by atoms with E-state index in [0.29, 0.717) is 34.3 Å². The summed E-state index contributed by atoms with van der Waals surface area (Å²) >= 11 is 12.0. The highest BCUT2D eigenvalue weighted by molar-refractivity contribution is 6.42. The van der Waals surface area contributed by atoms with E-state index in [0.717, 1.165) is 5.69 Å². The fourth-order valence-corrected chi connectivity index (χ4v) is 1.80. The van der Waals surface area contributed by atoms with Crippen molar-refractivity contribution in [2.75, 3.05) is 0 Å². The summed E-state index contributed by atoms with van der Waals surface area (Å²) in [6.07, 6.45) is 3.23. The van der Waals surface area contributed by atoms with Crippen molar-refractivity contribution in [1.82, 2.24) is 15.3 Å². The molecule has 0 bridgehead atoms. The van der Waals surface area contributed by atoms with Crippen LogP contribution >= 0.6 is 23.2 Å². The molecule has 0 spiro atoms. The van der Waals surface area contributed by atoms with Crippen LogP contribution < -0.4 is 10.1 Å². The topological polar surface area (TPSA) is 47.0 Å². The molecular formula is C14H15Cl2N3O. The summed E-state index contributed by atoms with van der Waals surface area (Å²) < 4.78 is 5.56. The van der Waals surface area contributed by atoms with Crippen LogP contribution in [-0.2, 0) is 6.54 Å². The average molecular weight is 312 g/mol. The van der Waals surface area contributed by atoms with Crippen LogP contribution in [0.1, 0.15) is 19.5 Å². The Morgan fingerprint density at radius 3 is 2.65 bits per heavy atom. The number of hydrogen-bond acceptors (Lipinski definition) is 4. The second-order valence-electron chi connectivity index (χ2n) is 4.54. The lowest BCUT2D eigenvalue weighted by atomic mass is 10.3. The molecule has 0 aliphatic carbocycles. The van der Waals surface area contributed by atoms with Crippen LogP contribution in [0, 0.1) is 0 Å². The number of nitrogens with zero attached hydrogens (tertiary/aromatic N) is 2. The van der Waals surface area contributed by atoms with Crippen LogP contribution in [0.15, 0.2) is 30.6 Å². The van der Waals surface area contributed by atoms with E-state index in [2.05, 4.69) is 29.1 Å². The van der Waals surface area contributed by atoms with E-state index in [4.69, 9.17) is 27.9 Å². The first-order valence-corrected chi connectivity index (χ1v) is 6.98. The van der Waals surface area contributed by atoms with E-state index < -0.39 is 0 Å². The van der Waals surface area contributed by atoms with E-state index >= 15 is 0 Å². The monoisotopic (exact) mass is 311 g/mol. The molecule has 0 radical (unpaired) electrons. The fraction of sp³-hybridized carbons (Fsp3) is 0.286. The molecule has 0 unspecified atom stereocenters. The van der Waals surface area contributed by atoms with Gasteiger partial charge in [0.25, 0.3) is 0 Å². The Kier molecular flexibility index (Phi) is 5.17. The van der Waals surface area contributed by atoms with Gasteiger partial charge >= 0.3 is 0 Å². The zero-order valence-corrected chi connectivity index (χ0v) is 12.7. The molecule has 1 aromatic carbocycles. The van der Waals surface area contributed by atoms with E-state index in [9.17, 15) is 0 Å². The first-order chi connectivity index (χ1) is 9.56. The van der Waals surface area contributed by atoms with E-state index in [1.54, 1.807) is 30.6 Å². The van der Waals surface area contributed by atoms with Crippen LogP contribution in [-0.4, -0.2) is 16.0 Å². The molecule has 6 heteroatoms. The number of aromatic nitrogens is 2. The van der Waals surface area contributed by atoms with Crippen molar-refractivity contribution in [1.29, 1.82) is 0 Å². The minimum absolute atomic E-state index is 0.363. The lowest BCUT2D eigenvalue weighted by molar-refractivity contribution is 0.458. The minimum atomic E-state index is 0.363. The van der Waals surface area contributed by atoms with Gasteiger partial charge in [-0.05, 0) is 12.1 Å². The third-order valence-electron chi connectivity index (χ3n) is 2.50. The lowest BCUT2D eigenvalue weighted by Gasteiger charge is -2.09. The lowest BCUT2D eigenvalue weighted by Crippen LogP contribution is -2.22. The smallest absolute Gasteiger partial charge is 0.237 e. The zero-order chi connectivity index (χ0) is 14.5. The summed E-state index contributed by atoms with van der Waals surface area (Å²) in [4.78, 5) is 8.47. The largest absolute Gasteiger partial charge is 0.436 e. The normalized spacial score (nSPS) is 10.8. The van der Waals surface area contributed by atoms with Gasteiger partial charge in [-0.3, -0.25) is 4.98 Å². The Bertz CT molecular complexity index is 573. The molecule has 0 atom stereocenters. The summed E-state index contributed by atoms with van der Waals surface area (Å²) in [5.41, 5.74) is 0.850. The van der Waals surface area contributed by atoms with Crippen molar-refractivity contribution in [3.8, 4) is 11.6 Å². The maximum atomic E-state index is 6.04. The quantitative estimate of drug-likeness (QED) is 0.904. The number of halogens is 2. The maximum absolute atomic E-state index is 6.04. The van der Waals surface area contributed by atoms with Gasteiger partial charge in [0, 0.05) is 12.6 Å². The van der Waals surface area contributed by atoms with Crippen molar-refractivity contribution in [2.24, 2.45) is 0 Å². The fourth-order valence-electron chi connectivity index (χ4n) is 1.47. The van der Waals surface area contributed by atoms with Gasteiger partial charge in [-0.2, -0.15) is 0 Å². The highest BCUT2D eigenvalue weighted by Gasteiger charge is 2.07. The highest BCUT2D eigenvalue weighted by Crippen LogP contribution is 2.33. The van der Waals surface area contributed by atoms with Crippen LogP contribution in [0.4, 0.5) is 0 Å². The molecule has 0 aliphatic rings. The number of benzene rings is 1. The van der Waals surface area contributed by atoms with Gasteiger partial charge in [-0.25, -0.2) is 4.98 Å². The molecule has 0 fully saturated rings. The third-order valence-corrected chi connectivity index (χ3v) is 3.31. The molecule has 0 saturated carbocycles. The van der Waals surface area contributed by atoms with Gasteiger partial charge in [-0.1, -0.05) is 43.1 Å². The van der Waals surface area contributed by atoms with Gasteiger partial charge < -0.3 is 10.1 Å². The molecule has 4 nitrogen and oxygen atoms in total. The Morgan fingerprint density at radius 1 is 1.20 bits per heavy atom. The molecule has 106 valence electrons. The van der Waals surface area contributed by atoms with Gasteiger partial charge in [0.05, 0.1) is 23.1 Å². The predicted octanol–water partition coefficient (Wildman–Crippen LogP) is 4.07. The van der Waals surface area contributed by atoms with Gasteiger partial charge in [0.2, 0.25) is 5.88 Å². The number of ether oxygens (including phenoxy) is 1. The van der Waals surface area contributed by atoms with Gasteiger partial charge in [-0.15, -0.1) is 0 Å². The van der Waals surface area contributed by atoms with Crippen molar-refractivity contribution in [3.05, 3.63) is 46.3 Å².